The van der Waals surface area contributed by atoms with Crippen molar-refractivity contribution in [2.45, 2.75) is 0 Å². The number of hydrogen-bond donors (Lipinski definition) is 2. The number of rotatable bonds is 2. The second-order valence-electron chi connectivity index (χ2n) is 4.11. The van der Waals surface area contributed by atoms with E-state index < -0.39 is 5.91 Å². The van der Waals surface area contributed by atoms with Gasteiger partial charge in [0.15, 0.2) is 0 Å². The van der Waals surface area contributed by atoms with Gasteiger partial charge in [-0.05, 0) is 30.3 Å². The lowest BCUT2D eigenvalue weighted by Gasteiger charge is -2.09. The molecule has 106 valence electrons. The van der Waals surface area contributed by atoms with Gasteiger partial charge in [0.25, 0.3) is 5.91 Å². The van der Waals surface area contributed by atoms with Crippen LogP contribution in [-0.2, 0) is 0 Å². The third kappa shape index (κ3) is 3.40. The summed E-state index contributed by atoms with van der Waals surface area (Å²) in [7, 11) is 0. The summed E-state index contributed by atoms with van der Waals surface area (Å²) in [6, 6.07) is 9.33. The molecule has 1 amide bonds. The molecule has 0 aromatic heterocycles. The summed E-state index contributed by atoms with van der Waals surface area (Å²) in [4.78, 5) is 12.1. The lowest BCUT2D eigenvalue weighted by atomic mass is 10.1. The van der Waals surface area contributed by atoms with Crippen LogP contribution in [0.3, 0.4) is 0 Å². The number of nitrogens with two attached hydrogens (primary N) is 1. The van der Waals surface area contributed by atoms with Crippen LogP contribution >= 0.6 is 34.8 Å². The van der Waals surface area contributed by atoms with Crippen molar-refractivity contribution < 1.29 is 4.79 Å². The second-order valence-corrected chi connectivity index (χ2v) is 5.34. The number of halogens is 3. The van der Waals surface area contributed by atoms with Crippen molar-refractivity contribution in [1.29, 1.82) is 5.26 Å². The number of benzene rings is 2. The molecule has 2 rings (SSSR count). The molecule has 0 saturated carbocycles. The van der Waals surface area contributed by atoms with Gasteiger partial charge in [-0.15, -0.1) is 0 Å². The minimum absolute atomic E-state index is 0.193. The molecule has 0 saturated heterocycles. The molecule has 2 aromatic rings. The minimum Gasteiger partial charge on any atom is -0.396 e. The fraction of sp³-hybridized carbons (Fsp3) is 0. The second kappa shape index (κ2) is 6.23. The molecule has 0 heterocycles. The fourth-order valence-electron chi connectivity index (χ4n) is 1.60. The van der Waals surface area contributed by atoms with Crippen LogP contribution in [0.1, 0.15) is 15.9 Å². The highest BCUT2D eigenvalue weighted by Gasteiger charge is 2.13. The number of nitrogen functional groups attached to an aromatic ring is 1. The van der Waals surface area contributed by atoms with Crippen LogP contribution in [0, 0.1) is 11.3 Å². The molecule has 0 aliphatic heterocycles. The number of carbonyl (C=O) groups is 1. The van der Waals surface area contributed by atoms with E-state index >= 15 is 0 Å². The predicted molar refractivity (Wildman–Crippen MR) is 85.0 cm³/mol. The van der Waals surface area contributed by atoms with Crippen LogP contribution in [-0.4, -0.2) is 5.91 Å². The summed E-state index contributed by atoms with van der Waals surface area (Å²) in [5.41, 5.74) is 6.86. The molecular weight excluding hydrogens is 333 g/mol. The first-order valence-corrected chi connectivity index (χ1v) is 6.81. The Kier molecular flexibility index (Phi) is 4.59. The topological polar surface area (TPSA) is 78.9 Å². The van der Waals surface area contributed by atoms with Crippen molar-refractivity contribution in [3.05, 3.63) is 56.5 Å². The van der Waals surface area contributed by atoms with Gasteiger partial charge < -0.3 is 11.1 Å². The van der Waals surface area contributed by atoms with Gasteiger partial charge in [0.2, 0.25) is 0 Å². The zero-order chi connectivity index (χ0) is 15.6. The molecule has 3 N–H and O–H groups in total. The molecule has 0 unspecified atom stereocenters. The van der Waals surface area contributed by atoms with Crippen molar-refractivity contribution in [2.75, 3.05) is 11.1 Å². The molecule has 0 radical (unpaired) electrons. The lowest BCUT2D eigenvalue weighted by molar-refractivity contribution is 0.102. The summed E-state index contributed by atoms with van der Waals surface area (Å²) in [5.74, 6) is -0.439. The molecule has 0 aliphatic carbocycles. The summed E-state index contributed by atoms with van der Waals surface area (Å²) in [6.07, 6.45) is 0. The third-order valence-corrected chi connectivity index (χ3v) is 3.63. The van der Waals surface area contributed by atoms with E-state index in [0.717, 1.165) is 0 Å². The van der Waals surface area contributed by atoms with Crippen molar-refractivity contribution in [3.63, 3.8) is 0 Å². The Morgan fingerprint density at radius 1 is 1.10 bits per heavy atom. The van der Waals surface area contributed by atoms with E-state index in [4.69, 9.17) is 45.8 Å². The molecule has 7 heteroatoms. The Bertz CT molecular complexity index is 746. The number of carbonyl (C=O) groups excluding carboxylic acids is 1. The Morgan fingerprint density at radius 2 is 1.71 bits per heavy atom. The van der Waals surface area contributed by atoms with Crippen LogP contribution in [0.4, 0.5) is 11.4 Å². The summed E-state index contributed by atoms with van der Waals surface area (Å²) in [5, 5.41) is 12.0. The van der Waals surface area contributed by atoms with E-state index in [1.807, 2.05) is 6.07 Å². The van der Waals surface area contributed by atoms with Gasteiger partial charge in [-0.2, -0.15) is 5.26 Å². The lowest BCUT2D eigenvalue weighted by Crippen LogP contribution is -2.12. The highest BCUT2D eigenvalue weighted by atomic mass is 35.5. The third-order valence-electron chi connectivity index (χ3n) is 2.69. The maximum atomic E-state index is 12.1. The maximum absolute atomic E-state index is 12.1. The zero-order valence-corrected chi connectivity index (χ0v) is 12.7. The number of nitriles is 1. The van der Waals surface area contributed by atoms with E-state index in [1.54, 1.807) is 12.1 Å². The summed E-state index contributed by atoms with van der Waals surface area (Å²) < 4.78 is 0. The maximum Gasteiger partial charge on any atom is 0.255 e. The van der Waals surface area contributed by atoms with Crippen molar-refractivity contribution in [3.8, 4) is 6.07 Å². The average Bonchev–Trinajstić information content (AvgIpc) is 2.46. The van der Waals surface area contributed by atoms with E-state index in [-0.39, 0.29) is 26.3 Å². The molecule has 0 atom stereocenters. The first kappa shape index (κ1) is 15.5. The molecule has 21 heavy (non-hydrogen) atoms. The first-order valence-electron chi connectivity index (χ1n) is 5.68. The van der Waals surface area contributed by atoms with Gasteiger partial charge in [0.05, 0.1) is 38.1 Å². The van der Waals surface area contributed by atoms with Crippen LogP contribution < -0.4 is 11.1 Å². The van der Waals surface area contributed by atoms with Crippen LogP contribution in [0.25, 0.3) is 0 Å². The van der Waals surface area contributed by atoms with Crippen molar-refractivity contribution in [1.82, 2.24) is 0 Å². The molecule has 0 fully saturated rings. The molecule has 0 spiro atoms. The van der Waals surface area contributed by atoms with E-state index in [2.05, 4.69) is 5.32 Å². The SMILES string of the molecule is N#Cc1ccc(NC(=O)c2cc(Cl)c(N)c(Cl)c2)c(Cl)c1. The number of nitrogens with zero attached hydrogens (tertiary/aromatic N) is 1. The van der Waals surface area contributed by atoms with Gasteiger partial charge in [-0.25, -0.2) is 0 Å². The largest absolute Gasteiger partial charge is 0.396 e. The molecule has 0 bridgehead atoms. The molecule has 4 nitrogen and oxygen atoms in total. The fourth-order valence-corrected chi connectivity index (χ4v) is 2.31. The predicted octanol–water partition coefficient (Wildman–Crippen LogP) is 4.35. The number of anilines is 2. The molecular formula is C14H8Cl3N3O. The van der Waals surface area contributed by atoms with Crippen molar-refractivity contribution >= 4 is 52.1 Å². The van der Waals surface area contributed by atoms with Crippen LogP contribution in [0.15, 0.2) is 30.3 Å². The smallest absolute Gasteiger partial charge is 0.255 e. The Hall–Kier alpha value is -1.93. The highest BCUT2D eigenvalue weighted by molar-refractivity contribution is 6.39. The van der Waals surface area contributed by atoms with E-state index in [1.165, 1.54) is 18.2 Å². The van der Waals surface area contributed by atoms with E-state index in [0.29, 0.717) is 11.3 Å². The van der Waals surface area contributed by atoms with Gasteiger partial charge in [-0.1, -0.05) is 34.8 Å². The zero-order valence-electron chi connectivity index (χ0n) is 10.5. The standard InChI is InChI=1S/C14H8Cl3N3O/c15-9-3-7(6-18)1-2-12(9)20-14(21)8-4-10(16)13(19)11(17)5-8/h1-5H,19H2,(H,20,21). The minimum atomic E-state index is -0.439. The van der Waals surface area contributed by atoms with Crippen molar-refractivity contribution in [2.24, 2.45) is 0 Å². The summed E-state index contributed by atoms with van der Waals surface area (Å²) in [6.45, 7) is 0. The van der Waals surface area contributed by atoms with Gasteiger partial charge in [0.1, 0.15) is 0 Å². The molecule has 0 aliphatic rings. The van der Waals surface area contributed by atoms with Gasteiger partial charge in [0, 0.05) is 5.56 Å². The van der Waals surface area contributed by atoms with Crippen LogP contribution in [0.5, 0.6) is 0 Å². The first-order chi connectivity index (χ1) is 9.92. The quantitative estimate of drug-likeness (QED) is 0.797. The number of amides is 1. The van der Waals surface area contributed by atoms with E-state index in [9.17, 15) is 4.79 Å². The Balaban J connectivity index is 2.28. The Morgan fingerprint density at radius 3 is 2.24 bits per heavy atom. The van der Waals surface area contributed by atoms with Crippen LogP contribution in [0.2, 0.25) is 15.1 Å². The average molecular weight is 341 g/mol. The normalized spacial score (nSPS) is 10.0. The van der Waals surface area contributed by atoms with Gasteiger partial charge >= 0.3 is 0 Å². The highest BCUT2D eigenvalue weighted by Crippen LogP contribution is 2.30. The number of nitrogens with one attached hydrogen (secondary N) is 1. The molecule has 2 aromatic carbocycles. The summed E-state index contributed by atoms with van der Waals surface area (Å²) >= 11 is 17.8. The monoisotopic (exact) mass is 339 g/mol. The van der Waals surface area contributed by atoms with Gasteiger partial charge in [-0.3, -0.25) is 4.79 Å². The Labute approximate surface area is 136 Å². The number of hydrogen-bond acceptors (Lipinski definition) is 3.